The standard InChI is InChI=1S/C25H24N4O4S/c1-16-9-11-18(12-10-16)15-20-23(31)28(25(33)34-20)14-13-21(30)26-22-17(2)27(3)29(24(22)32)19-7-5-4-6-8-19/h4-12,15H,13-14H2,1-3H3,(H,26,30)/b20-15-. The molecule has 2 aromatic carbocycles. The molecule has 1 aromatic heterocycles. The molecule has 8 nitrogen and oxygen atoms in total. The molecule has 4 rings (SSSR count). The van der Waals surface area contributed by atoms with E-state index in [9.17, 15) is 19.2 Å². The van der Waals surface area contributed by atoms with Gasteiger partial charge in [0.15, 0.2) is 0 Å². The van der Waals surface area contributed by atoms with Gasteiger partial charge >= 0.3 is 0 Å². The van der Waals surface area contributed by atoms with Crippen LogP contribution >= 0.6 is 11.8 Å². The molecule has 0 spiro atoms. The van der Waals surface area contributed by atoms with Gasteiger partial charge in [-0.25, -0.2) is 4.68 Å². The smallest absolute Gasteiger partial charge is 0.295 e. The summed E-state index contributed by atoms with van der Waals surface area (Å²) < 4.78 is 3.14. The van der Waals surface area contributed by atoms with E-state index in [1.807, 2.05) is 49.4 Å². The van der Waals surface area contributed by atoms with E-state index in [4.69, 9.17) is 0 Å². The lowest BCUT2D eigenvalue weighted by Gasteiger charge is -2.12. The molecule has 9 heteroatoms. The van der Waals surface area contributed by atoms with Crippen molar-refractivity contribution in [2.24, 2.45) is 7.05 Å². The molecule has 0 atom stereocenters. The predicted octanol–water partition coefficient (Wildman–Crippen LogP) is 3.86. The highest BCUT2D eigenvalue weighted by molar-refractivity contribution is 8.18. The van der Waals surface area contributed by atoms with E-state index in [1.165, 1.54) is 4.68 Å². The van der Waals surface area contributed by atoms with Crippen LogP contribution in [0, 0.1) is 13.8 Å². The fourth-order valence-corrected chi connectivity index (χ4v) is 4.50. The lowest BCUT2D eigenvalue weighted by atomic mass is 10.1. The molecule has 0 radical (unpaired) electrons. The number of rotatable bonds is 6. The zero-order valence-electron chi connectivity index (χ0n) is 19.1. The van der Waals surface area contributed by atoms with Crippen LogP contribution in [0.3, 0.4) is 0 Å². The average molecular weight is 477 g/mol. The van der Waals surface area contributed by atoms with Crippen molar-refractivity contribution in [3.05, 3.63) is 86.7 Å². The summed E-state index contributed by atoms with van der Waals surface area (Å²) in [6.07, 6.45) is 1.55. The Morgan fingerprint density at radius 3 is 2.35 bits per heavy atom. The summed E-state index contributed by atoms with van der Waals surface area (Å²) in [6.45, 7) is 3.64. The Hall–Kier alpha value is -3.85. The largest absolute Gasteiger partial charge is 0.320 e. The van der Waals surface area contributed by atoms with E-state index in [-0.39, 0.29) is 24.2 Å². The van der Waals surface area contributed by atoms with E-state index < -0.39 is 17.1 Å². The number of hydrogen-bond acceptors (Lipinski definition) is 5. The first kappa shape index (κ1) is 23.3. The normalized spacial score (nSPS) is 14.8. The Labute approximate surface area is 200 Å². The van der Waals surface area contributed by atoms with Crippen LogP contribution in [0.15, 0.2) is 64.3 Å². The summed E-state index contributed by atoms with van der Waals surface area (Å²) in [4.78, 5) is 52.0. The highest BCUT2D eigenvalue weighted by Gasteiger charge is 2.35. The zero-order chi connectivity index (χ0) is 24.4. The minimum atomic E-state index is -0.451. The number of nitrogens with zero attached hydrogens (tertiary/aromatic N) is 3. The molecule has 0 bridgehead atoms. The van der Waals surface area contributed by atoms with Gasteiger partial charge in [-0.15, -0.1) is 0 Å². The number of carbonyl (C=O) groups excluding carboxylic acids is 3. The van der Waals surface area contributed by atoms with Crippen molar-refractivity contribution in [2.75, 3.05) is 11.9 Å². The summed E-state index contributed by atoms with van der Waals surface area (Å²) in [6, 6.07) is 16.7. The number of amides is 3. The molecule has 0 unspecified atom stereocenters. The van der Waals surface area contributed by atoms with E-state index in [1.54, 1.807) is 36.9 Å². The van der Waals surface area contributed by atoms with Crippen LogP contribution in [-0.2, 0) is 16.6 Å². The number of imide groups is 1. The predicted molar refractivity (Wildman–Crippen MR) is 133 cm³/mol. The number of hydrogen-bond donors (Lipinski definition) is 1. The number of anilines is 1. The maximum Gasteiger partial charge on any atom is 0.295 e. The molecule has 1 aliphatic rings. The number of thioether (sulfide) groups is 1. The van der Waals surface area contributed by atoms with Gasteiger partial charge in [-0.3, -0.25) is 28.8 Å². The average Bonchev–Trinajstić information content (AvgIpc) is 3.20. The van der Waals surface area contributed by atoms with E-state index in [2.05, 4.69) is 5.32 Å². The maximum atomic E-state index is 12.9. The Balaban J connectivity index is 1.44. The molecule has 1 N–H and O–H groups in total. The molecule has 1 fully saturated rings. The third-order valence-electron chi connectivity index (χ3n) is 5.63. The summed E-state index contributed by atoms with van der Waals surface area (Å²) in [7, 11) is 1.74. The highest BCUT2D eigenvalue weighted by Crippen LogP contribution is 2.32. The fourth-order valence-electron chi connectivity index (χ4n) is 3.63. The number of para-hydroxylation sites is 1. The molecule has 34 heavy (non-hydrogen) atoms. The number of aromatic nitrogens is 2. The second-order valence-electron chi connectivity index (χ2n) is 7.98. The van der Waals surface area contributed by atoms with E-state index in [0.29, 0.717) is 16.3 Å². The quantitative estimate of drug-likeness (QED) is 0.546. The van der Waals surface area contributed by atoms with Crippen LogP contribution in [0.25, 0.3) is 11.8 Å². The minimum absolute atomic E-state index is 0.0690. The van der Waals surface area contributed by atoms with Gasteiger partial charge in [0.2, 0.25) is 5.91 Å². The molecule has 1 aliphatic heterocycles. The van der Waals surface area contributed by atoms with Crippen LogP contribution < -0.4 is 10.9 Å². The van der Waals surface area contributed by atoms with Gasteiger partial charge in [0.25, 0.3) is 16.7 Å². The lowest BCUT2D eigenvalue weighted by molar-refractivity contribution is -0.123. The number of benzene rings is 2. The lowest BCUT2D eigenvalue weighted by Crippen LogP contribution is -2.32. The second kappa shape index (κ2) is 9.56. The first-order valence-corrected chi connectivity index (χ1v) is 11.5. The highest BCUT2D eigenvalue weighted by atomic mass is 32.2. The Kier molecular flexibility index (Phi) is 6.56. The number of carbonyl (C=O) groups is 3. The summed E-state index contributed by atoms with van der Waals surface area (Å²) in [5, 5.41) is 2.24. The number of aryl methyl sites for hydroxylation is 1. The SMILES string of the molecule is Cc1ccc(/C=C2\SC(=O)N(CCC(=O)Nc3c(C)n(C)n(-c4ccccc4)c3=O)C2=O)cc1. The third kappa shape index (κ3) is 4.60. The van der Waals surface area contributed by atoms with Crippen LogP contribution in [0.5, 0.6) is 0 Å². The van der Waals surface area contributed by atoms with Gasteiger partial charge in [0.05, 0.1) is 16.3 Å². The second-order valence-corrected chi connectivity index (χ2v) is 8.97. The molecule has 0 saturated carbocycles. The summed E-state index contributed by atoms with van der Waals surface area (Å²) in [5.41, 5.74) is 3.01. The Bertz CT molecular complexity index is 1350. The maximum absolute atomic E-state index is 12.9. The first-order chi connectivity index (χ1) is 16.3. The molecule has 1 saturated heterocycles. The van der Waals surface area contributed by atoms with Crippen molar-refractivity contribution < 1.29 is 14.4 Å². The monoisotopic (exact) mass is 476 g/mol. The Morgan fingerprint density at radius 1 is 1.00 bits per heavy atom. The first-order valence-electron chi connectivity index (χ1n) is 10.7. The molecular weight excluding hydrogens is 452 g/mol. The van der Waals surface area contributed by atoms with Crippen molar-refractivity contribution in [1.29, 1.82) is 0 Å². The zero-order valence-corrected chi connectivity index (χ0v) is 19.9. The molecule has 3 aromatic rings. The van der Waals surface area contributed by atoms with Crippen LogP contribution in [-0.4, -0.2) is 37.9 Å². The number of nitrogens with one attached hydrogen (secondary N) is 1. The van der Waals surface area contributed by atoms with E-state index in [0.717, 1.165) is 27.8 Å². The van der Waals surface area contributed by atoms with Crippen LogP contribution in [0.2, 0.25) is 0 Å². The van der Waals surface area contributed by atoms with E-state index >= 15 is 0 Å². The minimum Gasteiger partial charge on any atom is -0.320 e. The van der Waals surface area contributed by atoms with Gasteiger partial charge in [-0.1, -0.05) is 48.0 Å². The van der Waals surface area contributed by atoms with Crippen molar-refractivity contribution in [1.82, 2.24) is 14.3 Å². The third-order valence-corrected chi connectivity index (χ3v) is 6.54. The van der Waals surface area contributed by atoms with Crippen molar-refractivity contribution >= 4 is 40.6 Å². The van der Waals surface area contributed by atoms with Crippen LogP contribution in [0.4, 0.5) is 10.5 Å². The van der Waals surface area contributed by atoms with Gasteiger partial charge in [-0.05, 0) is 49.4 Å². The van der Waals surface area contributed by atoms with Gasteiger partial charge in [-0.2, -0.15) is 0 Å². The fraction of sp³-hybridized carbons (Fsp3) is 0.200. The molecule has 2 heterocycles. The molecule has 0 aliphatic carbocycles. The van der Waals surface area contributed by atoms with Gasteiger partial charge in [0.1, 0.15) is 5.69 Å². The summed E-state index contributed by atoms with van der Waals surface area (Å²) in [5.74, 6) is -0.877. The van der Waals surface area contributed by atoms with Crippen molar-refractivity contribution in [3.8, 4) is 5.69 Å². The van der Waals surface area contributed by atoms with Crippen molar-refractivity contribution in [2.45, 2.75) is 20.3 Å². The van der Waals surface area contributed by atoms with Gasteiger partial charge < -0.3 is 5.32 Å². The van der Waals surface area contributed by atoms with Crippen LogP contribution in [0.1, 0.15) is 23.2 Å². The van der Waals surface area contributed by atoms with Gasteiger partial charge in [0, 0.05) is 20.0 Å². The Morgan fingerprint density at radius 2 is 1.68 bits per heavy atom. The summed E-state index contributed by atoms with van der Waals surface area (Å²) >= 11 is 0.854. The molecule has 174 valence electrons. The topological polar surface area (TPSA) is 93.4 Å². The molecule has 3 amide bonds. The van der Waals surface area contributed by atoms with Crippen molar-refractivity contribution in [3.63, 3.8) is 0 Å². The molecular formula is C25H24N4O4S.